The summed E-state index contributed by atoms with van der Waals surface area (Å²) in [5, 5.41) is 3.22. The highest BCUT2D eigenvalue weighted by Gasteiger charge is 2.25. The van der Waals surface area contributed by atoms with Crippen LogP contribution in [0.2, 0.25) is 0 Å². The van der Waals surface area contributed by atoms with E-state index in [1.807, 2.05) is 19.1 Å². The van der Waals surface area contributed by atoms with Crippen molar-refractivity contribution in [1.29, 1.82) is 0 Å². The molecule has 4 heteroatoms. The number of halogens is 2. The molecule has 0 saturated heterocycles. The molecule has 2 rings (SSSR count). The van der Waals surface area contributed by atoms with E-state index in [1.165, 1.54) is 6.07 Å². The summed E-state index contributed by atoms with van der Waals surface area (Å²) in [6.45, 7) is 2.73. The molecular formula is C14H15F2NO. The van der Waals surface area contributed by atoms with Crippen molar-refractivity contribution in [3.05, 3.63) is 47.5 Å². The molecule has 0 saturated carbocycles. The van der Waals surface area contributed by atoms with Gasteiger partial charge in [0.25, 0.3) is 0 Å². The van der Waals surface area contributed by atoms with Crippen LogP contribution in [-0.2, 0) is 0 Å². The van der Waals surface area contributed by atoms with Gasteiger partial charge in [-0.3, -0.25) is 4.79 Å². The second-order valence-corrected chi connectivity index (χ2v) is 4.48. The van der Waals surface area contributed by atoms with Crippen molar-refractivity contribution in [2.45, 2.75) is 19.4 Å². The third kappa shape index (κ3) is 2.64. The van der Waals surface area contributed by atoms with E-state index in [2.05, 4.69) is 5.32 Å². The first-order valence-electron chi connectivity index (χ1n) is 5.99. The van der Waals surface area contributed by atoms with Crippen molar-refractivity contribution in [3.8, 4) is 0 Å². The van der Waals surface area contributed by atoms with Crippen LogP contribution in [-0.4, -0.2) is 18.4 Å². The quantitative estimate of drug-likeness (QED) is 0.647. The van der Waals surface area contributed by atoms with Gasteiger partial charge in [0.1, 0.15) is 0 Å². The summed E-state index contributed by atoms with van der Waals surface area (Å²) >= 11 is 0. The molecule has 2 atom stereocenters. The summed E-state index contributed by atoms with van der Waals surface area (Å²) in [4.78, 5) is 12.2. The lowest BCUT2D eigenvalue weighted by molar-refractivity contribution is 0.0927. The minimum Gasteiger partial charge on any atom is -0.313 e. The molecule has 0 aromatic heterocycles. The van der Waals surface area contributed by atoms with Crippen LogP contribution in [0.25, 0.3) is 0 Å². The number of Topliss-reactive ketones (excluding diaryl/α,β-unsaturated/α-hetero) is 1. The first-order chi connectivity index (χ1) is 8.59. The Kier molecular flexibility index (Phi) is 3.87. The molecule has 2 nitrogen and oxygen atoms in total. The first kappa shape index (κ1) is 12.9. The van der Waals surface area contributed by atoms with Crippen LogP contribution >= 0.6 is 0 Å². The standard InChI is InChI=1S/C14H15F2NO/c1-9-11(4-2-3-7-17-9)14(18)10-5-6-12(15)13(16)8-10/h2,4-6,8-9,11,17H,3,7H2,1H3. The van der Waals surface area contributed by atoms with Crippen LogP contribution < -0.4 is 5.32 Å². The van der Waals surface area contributed by atoms with Gasteiger partial charge in [0, 0.05) is 11.6 Å². The van der Waals surface area contributed by atoms with E-state index in [-0.39, 0.29) is 23.3 Å². The highest BCUT2D eigenvalue weighted by molar-refractivity contribution is 5.99. The number of hydrogen-bond acceptors (Lipinski definition) is 2. The fraction of sp³-hybridized carbons (Fsp3) is 0.357. The van der Waals surface area contributed by atoms with Gasteiger partial charge in [-0.05, 0) is 38.1 Å². The zero-order chi connectivity index (χ0) is 13.1. The van der Waals surface area contributed by atoms with E-state index >= 15 is 0 Å². The Morgan fingerprint density at radius 1 is 1.33 bits per heavy atom. The van der Waals surface area contributed by atoms with Gasteiger partial charge in [-0.2, -0.15) is 0 Å². The molecule has 1 aliphatic heterocycles. The average Bonchev–Trinajstić information content (AvgIpc) is 2.56. The first-order valence-corrected chi connectivity index (χ1v) is 5.99. The lowest BCUT2D eigenvalue weighted by Gasteiger charge is -2.19. The SMILES string of the molecule is CC1NCCC=CC1C(=O)c1ccc(F)c(F)c1. The molecule has 0 fully saturated rings. The van der Waals surface area contributed by atoms with E-state index in [0.29, 0.717) is 0 Å². The number of carbonyl (C=O) groups excluding carboxylic acids is 1. The third-order valence-electron chi connectivity index (χ3n) is 3.17. The van der Waals surface area contributed by atoms with Gasteiger partial charge in [0.15, 0.2) is 17.4 Å². The minimum atomic E-state index is -0.987. The molecule has 0 bridgehead atoms. The second-order valence-electron chi connectivity index (χ2n) is 4.48. The van der Waals surface area contributed by atoms with Gasteiger partial charge in [0.05, 0.1) is 5.92 Å². The molecule has 0 spiro atoms. The highest BCUT2D eigenvalue weighted by Crippen LogP contribution is 2.18. The maximum absolute atomic E-state index is 13.1. The Morgan fingerprint density at radius 3 is 2.83 bits per heavy atom. The molecule has 0 aliphatic carbocycles. The van der Waals surface area contributed by atoms with Crippen molar-refractivity contribution in [2.24, 2.45) is 5.92 Å². The monoisotopic (exact) mass is 251 g/mol. The van der Waals surface area contributed by atoms with Crippen LogP contribution in [0.3, 0.4) is 0 Å². The Hall–Kier alpha value is -1.55. The molecule has 1 aliphatic rings. The van der Waals surface area contributed by atoms with Gasteiger partial charge in [-0.15, -0.1) is 0 Å². The number of benzene rings is 1. The Labute approximate surface area is 105 Å². The van der Waals surface area contributed by atoms with E-state index in [9.17, 15) is 13.6 Å². The third-order valence-corrected chi connectivity index (χ3v) is 3.17. The minimum absolute atomic E-state index is 0.00985. The number of ketones is 1. The van der Waals surface area contributed by atoms with Crippen LogP contribution in [0.15, 0.2) is 30.4 Å². The number of rotatable bonds is 2. The fourth-order valence-electron chi connectivity index (χ4n) is 2.09. The van der Waals surface area contributed by atoms with E-state index in [4.69, 9.17) is 0 Å². The number of carbonyl (C=O) groups is 1. The fourth-order valence-corrected chi connectivity index (χ4v) is 2.09. The normalized spacial score (nSPS) is 23.7. The smallest absolute Gasteiger partial charge is 0.171 e. The summed E-state index contributed by atoms with van der Waals surface area (Å²) < 4.78 is 26.0. The highest BCUT2D eigenvalue weighted by atomic mass is 19.2. The van der Waals surface area contributed by atoms with Crippen LogP contribution in [0.1, 0.15) is 23.7 Å². The van der Waals surface area contributed by atoms with E-state index in [1.54, 1.807) is 0 Å². The topological polar surface area (TPSA) is 29.1 Å². The van der Waals surface area contributed by atoms with Gasteiger partial charge in [-0.25, -0.2) is 8.78 Å². The van der Waals surface area contributed by atoms with Crippen molar-refractivity contribution < 1.29 is 13.6 Å². The van der Waals surface area contributed by atoms with Gasteiger partial charge in [0.2, 0.25) is 0 Å². The largest absolute Gasteiger partial charge is 0.313 e. The molecule has 2 unspecified atom stereocenters. The molecule has 1 aromatic rings. The van der Waals surface area contributed by atoms with Crippen molar-refractivity contribution >= 4 is 5.78 Å². The van der Waals surface area contributed by atoms with Crippen molar-refractivity contribution in [1.82, 2.24) is 5.32 Å². The predicted octanol–water partition coefficient (Wildman–Crippen LogP) is 2.70. The summed E-state index contributed by atoms with van der Waals surface area (Å²) in [6.07, 6.45) is 4.65. The van der Waals surface area contributed by atoms with Crippen molar-refractivity contribution in [3.63, 3.8) is 0 Å². The van der Waals surface area contributed by atoms with Gasteiger partial charge >= 0.3 is 0 Å². The lowest BCUT2D eigenvalue weighted by Crippen LogP contribution is -2.36. The molecule has 96 valence electrons. The van der Waals surface area contributed by atoms with E-state index < -0.39 is 11.6 Å². The maximum Gasteiger partial charge on any atom is 0.171 e. The van der Waals surface area contributed by atoms with Crippen molar-refractivity contribution in [2.75, 3.05) is 6.54 Å². The summed E-state index contributed by atoms with van der Waals surface area (Å²) in [5.74, 6) is -2.45. The zero-order valence-corrected chi connectivity index (χ0v) is 10.1. The maximum atomic E-state index is 13.1. The Bertz CT molecular complexity index is 485. The predicted molar refractivity (Wildman–Crippen MR) is 65.4 cm³/mol. The number of hydrogen-bond donors (Lipinski definition) is 1. The average molecular weight is 251 g/mol. The summed E-state index contributed by atoms with van der Waals surface area (Å²) in [6, 6.07) is 3.26. The summed E-state index contributed by atoms with van der Waals surface area (Å²) in [5.41, 5.74) is 0.208. The van der Waals surface area contributed by atoms with Crippen LogP contribution in [0.4, 0.5) is 8.78 Å². The molecule has 1 aromatic carbocycles. The van der Waals surface area contributed by atoms with Gasteiger partial charge in [-0.1, -0.05) is 12.2 Å². The number of nitrogens with one attached hydrogen (secondary N) is 1. The Balaban J connectivity index is 2.26. The van der Waals surface area contributed by atoms with Gasteiger partial charge < -0.3 is 5.32 Å². The zero-order valence-electron chi connectivity index (χ0n) is 10.1. The molecule has 1 N–H and O–H groups in total. The molecule has 1 heterocycles. The Morgan fingerprint density at radius 2 is 2.11 bits per heavy atom. The molecular weight excluding hydrogens is 236 g/mol. The van der Waals surface area contributed by atoms with Crippen LogP contribution in [0.5, 0.6) is 0 Å². The van der Waals surface area contributed by atoms with E-state index in [0.717, 1.165) is 25.1 Å². The molecule has 18 heavy (non-hydrogen) atoms. The summed E-state index contributed by atoms with van der Waals surface area (Å²) in [7, 11) is 0. The molecule has 0 radical (unpaired) electrons. The second kappa shape index (κ2) is 5.40. The molecule has 0 amide bonds. The lowest BCUT2D eigenvalue weighted by atomic mass is 9.91. The van der Waals surface area contributed by atoms with Crippen LogP contribution in [0, 0.1) is 17.6 Å².